The lowest BCUT2D eigenvalue weighted by Crippen LogP contribution is -2.38. The number of nitrogens with one attached hydrogen (secondary N) is 2. The van der Waals surface area contributed by atoms with Crippen LogP contribution in [0.2, 0.25) is 0 Å². The van der Waals surface area contributed by atoms with Crippen molar-refractivity contribution < 1.29 is 17.9 Å². The largest absolute Gasteiger partial charge is 0.383 e. The average molecular weight is 324 g/mol. The number of amides is 1. The lowest BCUT2D eigenvalue weighted by Gasteiger charge is -2.17. The fourth-order valence-electron chi connectivity index (χ4n) is 2.23. The van der Waals surface area contributed by atoms with Crippen LogP contribution in [0.25, 0.3) is 6.08 Å². The smallest absolute Gasteiger partial charge is 0.237 e. The number of benzene rings is 1. The Morgan fingerprint density at radius 3 is 2.82 bits per heavy atom. The molecular weight excluding hydrogens is 304 g/mol. The molecule has 0 heterocycles. The van der Waals surface area contributed by atoms with Crippen LogP contribution in [0.4, 0.5) is 0 Å². The maximum absolute atomic E-state index is 12.2. The summed E-state index contributed by atoms with van der Waals surface area (Å²) in [7, 11) is -2.10. The fourth-order valence-corrected chi connectivity index (χ4v) is 3.39. The average Bonchev–Trinajstić information content (AvgIpc) is 2.53. The van der Waals surface area contributed by atoms with Gasteiger partial charge < -0.3 is 10.1 Å². The van der Waals surface area contributed by atoms with Crippen LogP contribution in [0, 0.1) is 0 Å². The molecule has 1 amide bonds. The number of hydrogen-bond acceptors (Lipinski definition) is 4. The summed E-state index contributed by atoms with van der Waals surface area (Å²) in [4.78, 5) is 11.8. The van der Waals surface area contributed by atoms with Gasteiger partial charge >= 0.3 is 0 Å². The number of fused-ring (bicyclic) bond motifs is 1. The van der Waals surface area contributed by atoms with Gasteiger partial charge in [0.2, 0.25) is 15.9 Å². The molecule has 1 aromatic rings. The molecule has 2 N–H and O–H groups in total. The Morgan fingerprint density at radius 2 is 2.05 bits per heavy atom. The molecular formula is C15H20N2O4S. The van der Waals surface area contributed by atoms with E-state index < -0.39 is 10.0 Å². The first-order valence-corrected chi connectivity index (χ1v) is 8.55. The molecule has 1 aromatic carbocycles. The monoisotopic (exact) mass is 324 g/mol. The number of carbonyl (C=O) groups is 1. The van der Waals surface area contributed by atoms with Crippen molar-refractivity contribution in [3.63, 3.8) is 0 Å². The van der Waals surface area contributed by atoms with E-state index in [0.717, 1.165) is 11.1 Å². The third-order valence-corrected chi connectivity index (χ3v) is 4.95. The molecule has 0 unspecified atom stereocenters. The highest BCUT2D eigenvalue weighted by atomic mass is 32.2. The number of aryl methyl sites for hydroxylation is 1. The lowest BCUT2D eigenvalue weighted by molar-refractivity contribution is -0.120. The molecule has 0 aromatic heterocycles. The molecule has 0 aliphatic heterocycles. The number of hydrogen-bond donors (Lipinski definition) is 2. The van der Waals surface area contributed by atoms with Crippen LogP contribution in [0.1, 0.15) is 17.5 Å². The van der Waals surface area contributed by atoms with Crippen molar-refractivity contribution in [2.24, 2.45) is 0 Å². The molecule has 0 radical (unpaired) electrons. The quantitative estimate of drug-likeness (QED) is 0.722. The standard InChI is InChI=1S/C15H20N2O4S/c1-21-9-8-16-15(18)11-17-22(19,20)14-7-6-12-4-2-3-5-13(12)10-14/h2-5,10,17H,6-9,11H2,1H3,(H,16,18). The van der Waals surface area contributed by atoms with Gasteiger partial charge in [-0.3, -0.25) is 4.79 Å². The Bertz CT molecular complexity index is 668. The van der Waals surface area contributed by atoms with E-state index in [1.165, 1.54) is 7.11 Å². The molecule has 1 aliphatic rings. The maximum atomic E-state index is 12.2. The minimum absolute atomic E-state index is 0.273. The minimum Gasteiger partial charge on any atom is -0.383 e. The van der Waals surface area contributed by atoms with Crippen molar-refractivity contribution in [3.8, 4) is 0 Å². The third kappa shape index (κ3) is 4.40. The minimum atomic E-state index is -3.63. The lowest BCUT2D eigenvalue weighted by atomic mass is 9.98. The Morgan fingerprint density at radius 1 is 1.27 bits per heavy atom. The molecule has 7 heteroatoms. The third-order valence-electron chi connectivity index (χ3n) is 3.41. The topological polar surface area (TPSA) is 84.5 Å². The summed E-state index contributed by atoms with van der Waals surface area (Å²) in [6.45, 7) is 0.471. The number of methoxy groups -OCH3 is 1. The second-order valence-electron chi connectivity index (χ2n) is 4.98. The van der Waals surface area contributed by atoms with Gasteiger partial charge in [-0.25, -0.2) is 13.1 Å². The van der Waals surface area contributed by atoms with E-state index in [0.29, 0.717) is 30.9 Å². The normalized spacial score (nSPS) is 14.1. The zero-order valence-electron chi connectivity index (χ0n) is 12.5. The molecule has 6 nitrogen and oxygen atoms in total. The highest BCUT2D eigenvalue weighted by Crippen LogP contribution is 2.26. The highest BCUT2D eigenvalue weighted by Gasteiger charge is 2.22. The molecule has 2 rings (SSSR count). The van der Waals surface area contributed by atoms with Gasteiger partial charge in [-0.1, -0.05) is 24.3 Å². The molecule has 120 valence electrons. The first kappa shape index (κ1) is 16.7. The molecule has 0 bridgehead atoms. The summed E-state index contributed by atoms with van der Waals surface area (Å²) in [5.74, 6) is -0.377. The second kappa shape index (κ2) is 7.53. The first-order chi connectivity index (χ1) is 10.5. The summed E-state index contributed by atoms with van der Waals surface area (Å²) in [6, 6.07) is 7.70. The fraction of sp³-hybridized carbons (Fsp3) is 0.400. The summed E-state index contributed by atoms with van der Waals surface area (Å²) in [6.07, 6.45) is 2.80. The van der Waals surface area contributed by atoms with E-state index >= 15 is 0 Å². The van der Waals surface area contributed by atoms with Crippen molar-refractivity contribution in [2.45, 2.75) is 12.8 Å². The van der Waals surface area contributed by atoms with Gasteiger partial charge in [-0.15, -0.1) is 0 Å². The zero-order chi connectivity index (χ0) is 16.0. The predicted molar refractivity (Wildman–Crippen MR) is 84.5 cm³/mol. The van der Waals surface area contributed by atoms with Gasteiger partial charge in [0, 0.05) is 13.7 Å². The first-order valence-electron chi connectivity index (χ1n) is 7.07. The van der Waals surface area contributed by atoms with E-state index in [4.69, 9.17) is 4.74 Å². The molecule has 0 fully saturated rings. The van der Waals surface area contributed by atoms with Gasteiger partial charge in [0.15, 0.2) is 0 Å². The van der Waals surface area contributed by atoms with Crippen molar-refractivity contribution in [2.75, 3.05) is 26.8 Å². The van der Waals surface area contributed by atoms with Crippen molar-refractivity contribution in [1.29, 1.82) is 0 Å². The molecule has 0 spiro atoms. The van der Waals surface area contributed by atoms with Gasteiger partial charge in [0.25, 0.3) is 0 Å². The Hall–Kier alpha value is -1.70. The van der Waals surface area contributed by atoms with E-state index in [-0.39, 0.29) is 12.5 Å². The molecule has 0 saturated heterocycles. The van der Waals surface area contributed by atoms with Gasteiger partial charge in [-0.05, 0) is 30.0 Å². The van der Waals surface area contributed by atoms with Crippen molar-refractivity contribution >= 4 is 22.0 Å². The van der Waals surface area contributed by atoms with Gasteiger partial charge in [0.05, 0.1) is 18.1 Å². The zero-order valence-corrected chi connectivity index (χ0v) is 13.3. The highest BCUT2D eigenvalue weighted by molar-refractivity contribution is 7.93. The summed E-state index contributed by atoms with van der Waals surface area (Å²) < 4.78 is 31.6. The Kier molecular flexibility index (Phi) is 5.70. The van der Waals surface area contributed by atoms with E-state index in [1.54, 1.807) is 6.08 Å². The van der Waals surface area contributed by atoms with Crippen molar-refractivity contribution in [1.82, 2.24) is 10.0 Å². The molecule has 1 aliphatic carbocycles. The SMILES string of the molecule is COCCNC(=O)CNS(=O)(=O)C1=Cc2ccccc2CC1. The number of allylic oxidation sites excluding steroid dienone is 1. The number of ether oxygens (including phenoxy) is 1. The van der Waals surface area contributed by atoms with Crippen LogP contribution < -0.4 is 10.0 Å². The van der Waals surface area contributed by atoms with Crippen LogP contribution in [0.5, 0.6) is 0 Å². The molecule has 0 atom stereocenters. The van der Waals surface area contributed by atoms with Crippen molar-refractivity contribution in [3.05, 3.63) is 40.3 Å². The van der Waals surface area contributed by atoms with Crippen LogP contribution in [-0.2, 0) is 26.0 Å². The number of carbonyl (C=O) groups excluding carboxylic acids is 1. The number of rotatable bonds is 7. The summed E-state index contributed by atoms with van der Waals surface area (Å²) >= 11 is 0. The second-order valence-corrected chi connectivity index (χ2v) is 6.80. The van der Waals surface area contributed by atoms with Gasteiger partial charge in [-0.2, -0.15) is 0 Å². The summed E-state index contributed by atoms with van der Waals surface area (Å²) in [5, 5.41) is 2.56. The van der Waals surface area contributed by atoms with Crippen LogP contribution in [-0.4, -0.2) is 41.1 Å². The van der Waals surface area contributed by atoms with E-state index in [2.05, 4.69) is 10.0 Å². The maximum Gasteiger partial charge on any atom is 0.237 e. The predicted octanol–water partition coefficient (Wildman–Crippen LogP) is 0.656. The Balaban J connectivity index is 1.97. The van der Waals surface area contributed by atoms with E-state index in [9.17, 15) is 13.2 Å². The number of sulfonamides is 1. The van der Waals surface area contributed by atoms with E-state index in [1.807, 2.05) is 24.3 Å². The van der Waals surface area contributed by atoms with Gasteiger partial charge in [0.1, 0.15) is 0 Å². The van der Waals surface area contributed by atoms with Crippen LogP contribution >= 0.6 is 0 Å². The molecule has 22 heavy (non-hydrogen) atoms. The van der Waals surface area contributed by atoms with Crippen LogP contribution in [0.15, 0.2) is 29.2 Å². The van der Waals surface area contributed by atoms with Crippen LogP contribution in [0.3, 0.4) is 0 Å². The summed E-state index contributed by atoms with van der Waals surface area (Å²) in [5.41, 5.74) is 2.05. The molecule has 0 saturated carbocycles. The Labute approximate surface area is 130 Å².